The van der Waals surface area contributed by atoms with Crippen LogP contribution in [0.1, 0.15) is 13.8 Å². The molecule has 6 nitrogen and oxygen atoms in total. The summed E-state index contributed by atoms with van der Waals surface area (Å²) >= 11 is 1.56. The Bertz CT molecular complexity index is 321. The summed E-state index contributed by atoms with van der Waals surface area (Å²) in [5, 5.41) is 11.7. The van der Waals surface area contributed by atoms with Gasteiger partial charge in [-0.2, -0.15) is 0 Å². The van der Waals surface area contributed by atoms with Crippen molar-refractivity contribution in [3.8, 4) is 0 Å². The molecule has 0 aliphatic carbocycles. The summed E-state index contributed by atoms with van der Waals surface area (Å²) in [5.74, 6) is -1.64. The van der Waals surface area contributed by atoms with E-state index in [4.69, 9.17) is 5.11 Å². The van der Waals surface area contributed by atoms with Crippen LogP contribution in [-0.2, 0) is 14.4 Å². The average molecular weight is 246 g/mol. The number of carbonyl (C=O) groups excluding carboxylic acids is 2. The molecular formula is C9H14N2O4S. The molecule has 0 radical (unpaired) electrons. The van der Waals surface area contributed by atoms with E-state index in [0.717, 1.165) is 4.90 Å². The fourth-order valence-corrected chi connectivity index (χ4v) is 2.41. The van der Waals surface area contributed by atoms with E-state index >= 15 is 0 Å². The molecule has 0 aromatic heterocycles. The molecule has 1 aliphatic heterocycles. The van der Waals surface area contributed by atoms with Gasteiger partial charge in [0.2, 0.25) is 11.8 Å². The van der Waals surface area contributed by atoms with E-state index in [1.807, 2.05) is 6.92 Å². The Balaban J connectivity index is 2.67. The SMILES string of the molecule is CC(=O)N(CC(=O)O)C(=O)C1CSC(C)N1. The maximum Gasteiger partial charge on any atom is 0.323 e. The van der Waals surface area contributed by atoms with Crippen molar-refractivity contribution in [2.24, 2.45) is 0 Å². The van der Waals surface area contributed by atoms with Crippen LogP contribution in [0.2, 0.25) is 0 Å². The predicted molar refractivity (Wildman–Crippen MR) is 58.9 cm³/mol. The third kappa shape index (κ3) is 3.21. The number of aliphatic carboxylic acids is 1. The Kier molecular flexibility index (Phi) is 4.31. The molecule has 0 aromatic rings. The van der Waals surface area contributed by atoms with Crippen molar-refractivity contribution >= 4 is 29.5 Å². The highest BCUT2D eigenvalue weighted by Crippen LogP contribution is 2.19. The molecule has 0 saturated carbocycles. The molecule has 2 atom stereocenters. The Morgan fingerprint density at radius 2 is 2.12 bits per heavy atom. The maximum atomic E-state index is 11.8. The van der Waals surface area contributed by atoms with Crippen molar-refractivity contribution in [3.05, 3.63) is 0 Å². The van der Waals surface area contributed by atoms with Crippen LogP contribution in [-0.4, -0.2) is 51.5 Å². The number of thioether (sulfide) groups is 1. The first kappa shape index (κ1) is 13.0. The highest BCUT2D eigenvalue weighted by Gasteiger charge is 2.33. The number of nitrogens with zero attached hydrogens (tertiary/aromatic N) is 1. The summed E-state index contributed by atoms with van der Waals surface area (Å²) in [7, 11) is 0. The number of carboxylic acids is 1. The minimum absolute atomic E-state index is 0.146. The van der Waals surface area contributed by atoms with E-state index in [2.05, 4.69) is 5.32 Å². The lowest BCUT2D eigenvalue weighted by atomic mass is 10.2. The van der Waals surface area contributed by atoms with E-state index in [9.17, 15) is 14.4 Å². The second-order valence-corrected chi connectivity index (χ2v) is 4.91. The van der Waals surface area contributed by atoms with Gasteiger partial charge in [0.1, 0.15) is 6.54 Å². The van der Waals surface area contributed by atoms with E-state index < -0.39 is 30.4 Å². The summed E-state index contributed by atoms with van der Waals surface area (Å²) in [6.45, 7) is 2.52. The predicted octanol–water partition coefficient (Wildman–Crippen LogP) is -0.503. The number of nitrogens with one attached hydrogen (secondary N) is 1. The summed E-state index contributed by atoms with van der Waals surface area (Å²) in [4.78, 5) is 34.3. The standard InChI is InChI=1S/C9H14N2O4S/c1-5-10-7(4-16-5)9(15)11(6(2)12)3-8(13)14/h5,7,10H,3-4H2,1-2H3,(H,13,14). The van der Waals surface area contributed by atoms with Crippen LogP contribution in [0.15, 0.2) is 0 Å². The van der Waals surface area contributed by atoms with Gasteiger partial charge in [-0.3, -0.25) is 24.6 Å². The van der Waals surface area contributed by atoms with E-state index in [0.29, 0.717) is 5.75 Å². The number of carbonyl (C=O) groups is 3. The topological polar surface area (TPSA) is 86.7 Å². The van der Waals surface area contributed by atoms with Gasteiger partial charge in [-0.15, -0.1) is 11.8 Å². The van der Waals surface area contributed by atoms with Gasteiger partial charge in [-0.05, 0) is 6.92 Å². The van der Waals surface area contributed by atoms with Crippen molar-refractivity contribution in [2.45, 2.75) is 25.3 Å². The van der Waals surface area contributed by atoms with Gasteiger partial charge < -0.3 is 5.11 Å². The average Bonchev–Trinajstić information content (AvgIpc) is 2.59. The minimum atomic E-state index is -1.19. The molecule has 1 aliphatic rings. The lowest BCUT2D eigenvalue weighted by Crippen LogP contribution is -2.49. The molecule has 1 saturated heterocycles. The molecule has 90 valence electrons. The minimum Gasteiger partial charge on any atom is -0.480 e. The zero-order valence-electron chi connectivity index (χ0n) is 9.10. The van der Waals surface area contributed by atoms with Crippen LogP contribution in [0.4, 0.5) is 0 Å². The van der Waals surface area contributed by atoms with Gasteiger partial charge in [0.05, 0.1) is 11.4 Å². The first-order chi connectivity index (χ1) is 7.41. The van der Waals surface area contributed by atoms with Crippen molar-refractivity contribution in [1.29, 1.82) is 0 Å². The fourth-order valence-electron chi connectivity index (χ4n) is 1.43. The highest BCUT2D eigenvalue weighted by atomic mass is 32.2. The second-order valence-electron chi connectivity index (χ2n) is 3.53. The number of hydrogen-bond donors (Lipinski definition) is 2. The Labute approximate surface area is 97.4 Å². The molecular weight excluding hydrogens is 232 g/mol. The molecule has 16 heavy (non-hydrogen) atoms. The molecule has 1 fully saturated rings. The van der Waals surface area contributed by atoms with Crippen LogP contribution in [0, 0.1) is 0 Å². The van der Waals surface area contributed by atoms with Crippen molar-refractivity contribution < 1.29 is 19.5 Å². The quantitative estimate of drug-likeness (QED) is 0.698. The van der Waals surface area contributed by atoms with Gasteiger partial charge in [0, 0.05) is 12.7 Å². The van der Waals surface area contributed by atoms with Crippen LogP contribution >= 0.6 is 11.8 Å². The molecule has 0 spiro atoms. The number of amides is 2. The molecule has 0 bridgehead atoms. The number of carboxylic acid groups (broad SMARTS) is 1. The van der Waals surface area contributed by atoms with E-state index in [1.165, 1.54) is 6.92 Å². The third-order valence-electron chi connectivity index (χ3n) is 2.19. The van der Waals surface area contributed by atoms with E-state index in [-0.39, 0.29) is 5.37 Å². The Hall–Kier alpha value is -1.08. The number of rotatable bonds is 3. The van der Waals surface area contributed by atoms with Gasteiger partial charge >= 0.3 is 5.97 Å². The molecule has 2 N–H and O–H groups in total. The molecule has 0 aromatic carbocycles. The Morgan fingerprint density at radius 3 is 2.50 bits per heavy atom. The monoisotopic (exact) mass is 246 g/mol. The lowest BCUT2D eigenvalue weighted by Gasteiger charge is -2.20. The third-order valence-corrected chi connectivity index (χ3v) is 3.35. The van der Waals surface area contributed by atoms with Gasteiger partial charge in [-0.25, -0.2) is 0 Å². The molecule has 7 heteroatoms. The van der Waals surface area contributed by atoms with Crippen LogP contribution in [0.3, 0.4) is 0 Å². The summed E-state index contributed by atoms with van der Waals surface area (Å²) in [6, 6.07) is -0.469. The molecule has 1 heterocycles. The fraction of sp³-hybridized carbons (Fsp3) is 0.667. The summed E-state index contributed by atoms with van der Waals surface area (Å²) in [6.07, 6.45) is 0. The van der Waals surface area contributed by atoms with Crippen molar-refractivity contribution in [1.82, 2.24) is 10.2 Å². The highest BCUT2D eigenvalue weighted by molar-refractivity contribution is 8.00. The summed E-state index contributed by atoms with van der Waals surface area (Å²) < 4.78 is 0. The zero-order valence-corrected chi connectivity index (χ0v) is 9.91. The first-order valence-electron chi connectivity index (χ1n) is 4.83. The van der Waals surface area contributed by atoms with Crippen LogP contribution < -0.4 is 5.32 Å². The van der Waals surface area contributed by atoms with E-state index in [1.54, 1.807) is 11.8 Å². The van der Waals surface area contributed by atoms with Crippen molar-refractivity contribution in [3.63, 3.8) is 0 Å². The first-order valence-corrected chi connectivity index (χ1v) is 5.88. The maximum absolute atomic E-state index is 11.8. The second kappa shape index (κ2) is 5.31. The van der Waals surface area contributed by atoms with Crippen molar-refractivity contribution in [2.75, 3.05) is 12.3 Å². The normalized spacial score (nSPS) is 24.1. The smallest absolute Gasteiger partial charge is 0.323 e. The van der Waals surface area contributed by atoms with Gasteiger partial charge in [0.15, 0.2) is 0 Å². The van der Waals surface area contributed by atoms with Gasteiger partial charge in [-0.1, -0.05) is 0 Å². The number of imide groups is 1. The molecule has 2 unspecified atom stereocenters. The number of hydrogen-bond acceptors (Lipinski definition) is 5. The lowest BCUT2D eigenvalue weighted by molar-refractivity contribution is -0.152. The molecule has 2 amide bonds. The summed E-state index contributed by atoms with van der Waals surface area (Å²) in [5.41, 5.74) is 0. The molecule has 1 rings (SSSR count). The largest absolute Gasteiger partial charge is 0.480 e. The van der Waals surface area contributed by atoms with Crippen LogP contribution in [0.5, 0.6) is 0 Å². The van der Waals surface area contributed by atoms with Crippen LogP contribution in [0.25, 0.3) is 0 Å². The Morgan fingerprint density at radius 1 is 1.50 bits per heavy atom. The zero-order chi connectivity index (χ0) is 12.3. The van der Waals surface area contributed by atoms with Gasteiger partial charge in [0.25, 0.3) is 0 Å².